The lowest BCUT2D eigenvalue weighted by molar-refractivity contribution is 0.402. The Balaban J connectivity index is 2.06. The van der Waals surface area contributed by atoms with Gasteiger partial charge in [0.15, 0.2) is 0 Å². The molecule has 146 valence electrons. The van der Waals surface area contributed by atoms with Gasteiger partial charge in [-0.15, -0.1) is 0 Å². The zero-order valence-electron chi connectivity index (χ0n) is 14.9. The van der Waals surface area contributed by atoms with E-state index >= 15 is 0 Å². The van der Waals surface area contributed by atoms with Gasteiger partial charge in [0, 0.05) is 10.7 Å². The molecule has 2 aromatic carbocycles. The molecule has 0 aliphatic heterocycles. The van der Waals surface area contributed by atoms with Crippen LogP contribution in [0.1, 0.15) is 11.1 Å². The lowest BCUT2D eigenvalue weighted by Crippen LogP contribution is -2.19. The average molecular weight is 443 g/mol. The van der Waals surface area contributed by atoms with Crippen LogP contribution < -0.4 is 15.6 Å². The lowest BCUT2D eigenvalue weighted by atomic mass is 10.2. The minimum Gasteiger partial charge on any atom is -0.490 e. The van der Waals surface area contributed by atoms with Crippen molar-refractivity contribution in [1.29, 1.82) is 0 Å². The van der Waals surface area contributed by atoms with E-state index in [2.05, 4.69) is 10.3 Å². The predicted molar refractivity (Wildman–Crippen MR) is 110 cm³/mol. The van der Waals surface area contributed by atoms with Crippen molar-refractivity contribution < 1.29 is 9.13 Å². The Hall–Kier alpha value is -2.28. The zero-order chi connectivity index (χ0) is 20.4. The van der Waals surface area contributed by atoms with Gasteiger partial charge in [0.2, 0.25) is 11.7 Å². The summed E-state index contributed by atoms with van der Waals surface area (Å²) < 4.78 is 20.4. The second-order valence-corrected chi connectivity index (χ2v) is 7.30. The number of anilines is 2. The number of methoxy groups -OCH3 is 1. The standard InChI is InChI=1S/C19H15Cl3FN3O2/c1-10-3-14(21)15(22)7-16(10)24-19-25-18(27)17(28-2)9-26(19)8-11-4-12(20)6-13(23)5-11/h3-7,9H,8H2,1-2H3,(H,24,25,27). The summed E-state index contributed by atoms with van der Waals surface area (Å²) in [5.74, 6) is -0.176. The summed E-state index contributed by atoms with van der Waals surface area (Å²) in [7, 11) is 1.37. The molecule has 0 saturated carbocycles. The normalized spacial score (nSPS) is 10.8. The topological polar surface area (TPSA) is 56.1 Å². The van der Waals surface area contributed by atoms with Gasteiger partial charge in [0.05, 0.1) is 29.9 Å². The third-order valence-electron chi connectivity index (χ3n) is 3.97. The number of nitrogens with zero attached hydrogens (tertiary/aromatic N) is 2. The van der Waals surface area contributed by atoms with Crippen molar-refractivity contribution in [1.82, 2.24) is 9.55 Å². The van der Waals surface area contributed by atoms with Crippen LogP contribution in [0.25, 0.3) is 0 Å². The molecule has 0 aliphatic carbocycles. The number of halogens is 4. The molecule has 1 aromatic heterocycles. The monoisotopic (exact) mass is 441 g/mol. The number of aryl methyl sites for hydroxylation is 1. The first kappa shape index (κ1) is 20.5. The second kappa shape index (κ2) is 8.39. The highest BCUT2D eigenvalue weighted by molar-refractivity contribution is 6.42. The summed E-state index contributed by atoms with van der Waals surface area (Å²) in [5, 5.41) is 4.12. The first-order valence-corrected chi connectivity index (χ1v) is 9.23. The van der Waals surface area contributed by atoms with Crippen LogP contribution in [0.2, 0.25) is 15.1 Å². The average Bonchev–Trinajstić information content (AvgIpc) is 2.61. The van der Waals surface area contributed by atoms with E-state index in [0.717, 1.165) is 5.56 Å². The van der Waals surface area contributed by atoms with Crippen LogP contribution >= 0.6 is 34.8 Å². The zero-order valence-corrected chi connectivity index (χ0v) is 17.2. The van der Waals surface area contributed by atoms with Crippen LogP contribution in [-0.4, -0.2) is 16.7 Å². The summed E-state index contributed by atoms with van der Waals surface area (Å²) in [6.07, 6.45) is 1.49. The molecule has 0 unspecified atom stereocenters. The molecule has 3 aromatic rings. The van der Waals surface area contributed by atoms with E-state index < -0.39 is 11.4 Å². The fourth-order valence-corrected chi connectivity index (χ4v) is 3.26. The highest BCUT2D eigenvalue weighted by Gasteiger charge is 2.13. The largest absolute Gasteiger partial charge is 0.490 e. The van der Waals surface area contributed by atoms with Gasteiger partial charge in [-0.3, -0.25) is 4.79 Å². The smallest absolute Gasteiger partial charge is 0.316 e. The van der Waals surface area contributed by atoms with Gasteiger partial charge in [0.1, 0.15) is 5.82 Å². The van der Waals surface area contributed by atoms with Crippen molar-refractivity contribution in [3.8, 4) is 5.75 Å². The van der Waals surface area contributed by atoms with E-state index in [9.17, 15) is 9.18 Å². The SMILES string of the molecule is COc1cn(Cc2cc(F)cc(Cl)c2)c(Nc2cc(Cl)c(Cl)cc2C)nc1=O. The maximum atomic E-state index is 13.7. The molecule has 0 aliphatic rings. The second-order valence-electron chi connectivity index (χ2n) is 6.05. The molecule has 0 radical (unpaired) electrons. The fraction of sp³-hybridized carbons (Fsp3) is 0.158. The minimum atomic E-state index is -0.545. The van der Waals surface area contributed by atoms with Gasteiger partial charge in [-0.1, -0.05) is 34.8 Å². The molecule has 0 fully saturated rings. The molecular formula is C19H15Cl3FN3O2. The van der Waals surface area contributed by atoms with E-state index in [1.54, 1.807) is 22.8 Å². The Labute approximate surface area is 175 Å². The highest BCUT2D eigenvalue weighted by Crippen LogP contribution is 2.30. The van der Waals surface area contributed by atoms with E-state index in [4.69, 9.17) is 39.5 Å². The maximum Gasteiger partial charge on any atom is 0.316 e. The van der Waals surface area contributed by atoms with Crippen LogP contribution in [0.15, 0.2) is 41.3 Å². The third kappa shape index (κ3) is 4.58. The Morgan fingerprint density at radius 1 is 1.14 bits per heavy atom. The Morgan fingerprint density at radius 2 is 1.86 bits per heavy atom. The molecule has 0 amide bonds. The first-order valence-electron chi connectivity index (χ1n) is 8.10. The van der Waals surface area contributed by atoms with Crippen molar-refractivity contribution in [3.05, 3.63) is 78.9 Å². The number of rotatable bonds is 5. The van der Waals surface area contributed by atoms with E-state index in [1.807, 2.05) is 6.92 Å². The molecule has 9 heteroatoms. The van der Waals surface area contributed by atoms with Gasteiger partial charge < -0.3 is 14.6 Å². The molecule has 0 saturated heterocycles. The van der Waals surface area contributed by atoms with Crippen LogP contribution in [0.3, 0.4) is 0 Å². The molecule has 0 spiro atoms. The molecular weight excluding hydrogens is 428 g/mol. The number of hydrogen-bond donors (Lipinski definition) is 1. The summed E-state index contributed by atoms with van der Waals surface area (Å²) >= 11 is 18.1. The lowest BCUT2D eigenvalue weighted by Gasteiger charge is -2.17. The molecule has 5 nitrogen and oxygen atoms in total. The van der Waals surface area contributed by atoms with Crippen molar-refractivity contribution in [2.45, 2.75) is 13.5 Å². The van der Waals surface area contributed by atoms with Crippen molar-refractivity contribution in [2.24, 2.45) is 0 Å². The number of hydrogen-bond acceptors (Lipinski definition) is 4. The van der Waals surface area contributed by atoms with Crippen LogP contribution in [0, 0.1) is 12.7 Å². The Bertz CT molecular complexity index is 1080. The number of nitrogens with one attached hydrogen (secondary N) is 1. The molecule has 0 bridgehead atoms. The van der Waals surface area contributed by atoms with E-state index in [1.165, 1.54) is 25.4 Å². The number of benzene rings is 2. The van der Waals surface area contributed by atoms with Crippen molar-refractivity contribution in [3.63, 3.8) is 0 Å². The number of ether oxygens (including phenoxy) is 1. The van der Waals surface area contributed by atoms with Gasteiger partial charge in [-0.2, -0.15) is 4.98 Å². The van der Waals surface area contributed by atoms with Gasteiger partial charge in [0.25, 0.3) is 0 Å². The molecule has 28 heavy (non-hydrogen) atoms. The highest BCUT2D eigenvalue weighted by atomic mass is 35.5. The fourth-order valence-electron chi connectivity index (χ4n) is 2.63. The first-order chi connectivity index (χ1) is 13.3. The predicted octanol–water partition coefficient (Wildman–Crippen LogP) is 5.45. The van der Waals surface area contributed by atoms with Crippen molar-refractivity contribution in [2.75, 3.05) is 12.4 Å². The quantitative estimate of drug-likeness (QED) is 0.571. The van der Waals surface area contributed by atoms with E-state index in [-0.39, 0.29) is 23.3 Å². The summed E-state index contributed by atoms with van der Waals surface area (Å²) in [5.41, 5.74) is 1.47. The third-order valence-corrected chi connectivity index (χ3v) is 4.91. The van der Waals surface area contributed by atoms with Crippen LogP contribution in [0.4, 0.5) is 16.0 Å². The summed E-state index contributed by atoms with van der Waals surface area (Å²) in [4.78, 5) is 16.2. The molecule has 1 heterocycles. The van der Waals surface area contributed by atoms with Gasteiger partial charge in [-0.25, -0.2) is 4.39 Å². The van der Waals surface area contributed by atoms with Crippen LogP contribution in [-0.2, 0) is 6.54 Å². The molecule has 3 rings (SSSR count). The Kier molecular flexibility index (Phi) is 6.13. The summed E-state index contributed by atoms with van der Waals surface area (Å²) in [6, 6.07) is 7.53. The van der Waals surface area contributed by atoms with Gasteiger partial charge in [-0.05, 0) is 48.4 Å². The molecule has 1 N–H and O–H groups in total. The molecule has 0 atom stereocenters. The Morgan fingerprint density at radius 3 is 2.54 bits per heavy atom. The van der Waals surface area contributed by atoms with E-state index in [0.29, 0.717) is 21.3 Å². The van der Waals surface area contributed by atoms with Gasteiger partial charge >= 0.3 is 5.56 Å². The summed E-state index contributed by atoms with van der Waals surface area (Å²) in [6.45, 7) is 2.03. The van der Waals surface area contributed by atoms with Crippen molar-refractivity contribution >= 4 is 46.4 Å². The minimum absolute atomic E-state index is 0.0545. The number of aromatic nitrogens is 2. The van der Waals surface area contributed by atoms with Crippen LogP contribution in [0.5, 0.6) is 5.75 Å². The maximum absolute atomic E-state index is 13.7.